The van der Waals surface area contributed by atoms with Crippen molar-refractivity contribution in [3.8, 4) is 0 Å². The molecule has 6 heteroatoms. The van der Waals surface area contributed by atoms with Crippen molar-refractivity contribution in [3.63, 3.8) is 0 Å². The normalized spacial score (nSPS) is 11.3. The van der Waals surface area contributed by atoms with Gasteiger partial charge in [-0.3, -0.25) is 4.79 Å². The number of nitrogens with one attached hydrogen (secondary N) is 1. The Morgan fingerprint density at radius 3 is 2.33 bits per heavy atom. The standard InChI is InChI=1S/C12H23N3O3/c1-2-3-4-5-7-10(14-15-12(13)18)8-6-9-11(16)17/h2-9H2,1H3,(H,16,17)(H3,13,15,18). The quantitative estimate of drug-likeness (QED) is 0.317. The lowest BCUT2D eigenvalue weighted by molar-refractivity contribution is -0.137. The second kappa shape index (κ2) is 10.6. The van der Waals surface area contributed by atoms with Crippen LogP contribution in [0.2, 0.25) is 0 Å². The minimum absolute atomic E-state index is 0.116. The van der Waals surface area contributed by atoms with E-state index in [1.165, 1.54) is 6.42 Å². The van der Waals surface area contributed by atoms with Crippen molar-refractivity contribution in [3.05, 3.63) is 0 Å². The van der Waals surface area contributed by atoms with Crippen LogP contribution in [0, 0.1) is 0 Å². The molecule has 0 saturated heterocycles. The monoisotopic (exact) mass is 257 g/mol. The van der Waals surface area contributed by atoms with Crippen molar-refractivity contribution in [1.82, 2.24) is 5.43 Å². The molecule has 2 amide bonds. The van der Waals surface area contributed by atoms with E-state index >= 15 is 0 Å². The fourth-order valence-electron chi connectivity index (χ4n) is 1.57. The molecule has 0 fully saturated rings. The summed E-state index contributed by atoms with van der Waals surface area (Å²) in [6.07, 6.45) is 6.45. The molecule has 6 nitrogen and oxygen atoms in total. The molecule has 0 rings (SSSR count). The van der Waals surface area contributed by atoms with Crippen molar-refractivity contribution in [2.24, 2.45) is 10.8 Å². The van der Waals surface area contributed by atoms with Gasteiger partial charge in [0.05, 0.1) is 0 Å². The van der Waals surface area contributed by atoms with Gasteiger partial charge in [0.2, 0.25) is 0 Å². The Morgan fingerprint density at radius 1 is 1.11 bits per heavy atom. The smallest absolute Gasteiger partial charge is 0.332 e. The van der Waals surface area contributed by atoms with E-state index in [9.17, 15) is 9.59 Å². The Hall–Kier alpha value is -1.59. The zero-order valence-electron chi connectivity index (χ0n) is 10.9. The molecule has 0 aromatic heterocycles. The predicted molar refractivity (Wildman–Crippen MR) is 70.4 cm³/mol. The van der Waals surface area contributed by atoms with Crippen LogP contribution in [0.1, 0.15) is 58.3 Å². The van der Waals surface area contributed by atoms with Gasteiger partial charge in [0.1, 0.15) is 0 Å². The second-order valence-electron chi connectivity index (χ2n) is 4.21. The number of hydrogen-bond donors (Lipinski definition) is 3. The summed E-state index contributed by atoms with van der Waals surface area (Å²) in [6.45, 7) is 2.14. The van der Waals surface area contributed by atoms with Gasteiger partial charge in [0.25, 0.3) is 0 Å². The number of carboxylic acid groups (broad SMARTS) is 1. The summed E-state index contributed by atoms with van der Waals surface area (Å²) in [4.78, 5) is 21.0. The maximum atomic E-state index is 10.6. The van der Waals surface area contributed by atoms with Gasteiger partial charge in [-0.05, 0) is 25.7 Å². The molecule has 18 heavy (non-hydrogen) atoms. The van der Waals surface area contributed by atoms with Gasteiger partial charge in [-0.15, -0.1) is 0 Å². The van der Waals surface area contributed by atoms with Gasteiger partial charge < -0.3 is 10.8 Å². The maximum Gasteiger partial charge on any atom is 0.332 e. The Bertz CT molecular complexity index is 290. The van der Waals surface area contributed by atoms with Crippen LogP contribution < -0.4 is 11.2 Å². The van der Waals surface area contributed by atoms with Crippen molar-refractivity contribution < 1.29 is 14.7 Å². The number of unbranched alkanes of at least 4 members (excludes halogenated alkanes) is 3. The molecule has 0 atom stereocenters. The first-order valence-corrected chi connectivity index (χ1v) is 6.39. The van der Waals surface area contributed by atoms with Crippen molar-refractivity contribution in [2.75, 3.05) is 0 Å². The molecular weight excluding hydrogens is 234 g/mol. The van der Waals surface area contributed by atoms with Gasteiger partial charge >= 0.3 is 12.0 Å². The summed E-state index contributed by atoms with van der Waals surface area (Å²) in [7, 11) is 0. The molecule has 0 unspecified atom stereocenters. The number of aliphatic carboxylic acids is 1. The first-order chi connectivity index (χ1) is 8.56. The Labute approximate surface area is 108 Å². The number of carbonyl (C=O) groups is 2. The van der Waals surface area contributed by atoms with E-state index in [1.807, 2.05) is 0 Å². The zero-order chi connectivity index (χ0) is 13.8. The largest absolute Gasteiger partial charge is 0.481 e. The summed E-state index contributed by atoms with van der Waals surface area (Å²) >= 11 is 0. The average molecular weight is 257 g/mol. The Morgan fingerprint density at radius 2 is 1.78 bits per heavy atom. The highest BCUT2D eigenvalue weighted by Crippen LogP contribution is 2.08. The summed E-state index contributed by atoms with van der Waals surface area (Å²) in [5.41, 5.74) is 7.96. The Kier molecular flexibility index (Phi) is 9.62. The van der Waals surface area contributed by atoms with Gasteiger partial charge in [0, 0.05) is 12.1 Å². The number of nitrogens with two attached hydrogens (primary N) is 1. The van der Waals surface area contributed by atoms with Crippen molar-refractivity contribution in [2.45, 2.75) is 58.3 Å². The highest BCUT2D eigenvalue weighted by Gasteiger charge is 2.03. The number of carbonyl (C=O) groups excluding carboxylic acids is 1. The molecule has 0 aliphatic carbocycles. The number of hydrazone groups is 1. The molecule has 0 radical (unpaired) electrons. The number of nitrogens with zero attached hydrogens (tertiary/aromatic N) is 1. The summed E-state index contributed by atoms with van der Waals surface area (Å²) in [5, 5.41) is 12.5. The first kappa shape index (κ1) is 16.4. The minimum atomic E-state index is -0.816. The molecule has 0 saturated carbocycles. The summed E-state index contributed by atoms with van der Waals surface area (Å²) in [6, 6.07) is -0.695. The molecule has 0 bridgehead atoms. The first-order valence-electron chi connectivity index (χ1n) is 6.39. The molecule has 0 aliphatic rings. The van der Waals surface area contributed by atoms with Crippen molar-refractivity contribution >= 4 is 17.7 Å². The highest BCUT2D eigenvalue weighted by atomic mass is 16.4. The lowest BCUT2D eigenvalue weighted by Gasteiger charge is -2.05. The molecule has 0 aliphatic heterocycles. The number of rotatable bonds is 10. The van der Waals surface area contributed by atoms with Crippen LogP contribution in [0.5, 0.6) is 0 Å². The molecule has 4 N–H and O–H groups in total. The van der Waals surface area contributed by atoms with Crippen LogP contribution in [-0.2, 0) is 4.79 Å². The number of hydrogen-bond acceptors (Lipinski definition) is 3. The fraction of sp³-hybridized carbons (Fsp3) is 0.750. The lowest BCUT2D eigenvalue weighted by Crippen LogP contribution is -2.25. The summed E-state index contributed by atoms with van der Waals surface area (Å²) in [5.74, 6) is -0.816. The second-order valence-corrected chi connectivity index (χ2v) is 4.21. The van der Waals surface area contributed by atoms with E-state index in [0.717, 1.165) is 31.4 Å². The van der Waals surface area contributed by atoms with Gasteiger partial charge in [-0.2, -0.15) is 5.10 Å². The number of urea groups is 1. The summed E-state index contributed by atoms with van der Waals surface area (Å²) < 4.78 is 0. The van der Waals surface area contributed by atoms with E-state index in [-0.39, 0.29) is 6.42 Å². The molecule has 104 valence electrons. The lowest BCUT2D eigenvalue weighted by atomic mass is 10.1. The van der Waals surface area contributed by atoms with Crippen molar-refractivity contribution in [1.29, 1.82) is 0 Å². The highest BCUT2D eigenvalue weighted by molar-refractivity contribution is 5.86. The van der Waals surface area contributed by atoms with E-state index < -0.39 is 12.0 Å². The third kappa shape index (κ3) is 10.9. The van der Waals surface area contributed by atoms with E-state index in [4.69, 9.17) is 10.8 Å². The number of primary amides is 1. The van der Waals surface area contributed by atoms with E-state index in [1.54, 1.807) is 0 Å². The number of carboxylic acids is 1. The number of amides is 2. The van der Waals surface area contributed by atoms with E-state index in [0.29, 0.717) is 12.8 Å². The third-order valence-corrected chi connectivity index (χ3v) is 2.50. The van der Waals surface area contributed by atoms with Crippen LogP contribution in [0.3, 0.4) is 0 Å². The predicted octanol–water partition coefficient (Wildman–Crippen LogP) is 2.24. The fourth-order valence-corrected chi connectivity index (χ4v) is 1.57. The van der Waals surface area contributed by atoms with Crippen LogP contribution in [0.25, 0.3) is 0 Å². The molecule has 0 aromatic rings. The van der Waals surface area contributed by atoms with Gasteiger partial charge in [0.15, 0.2) is 0 Å². The zero-order valence-corrected chi connectivity index (χ0v) is 10.9. The van der Waals surface area contributed by atoms with Crippen LogP contribution in [0.4, 0.5) is 4.79 Å². The van der Waals surface area contributed by atoms with Crippen LogP contribution >= 0.6 is 0 Å². The Balaban J connectivity index is 4.03. The third-order valence-electron chi connectivity index (χ3n) is 2.50. The van der Waals surface area contributed by atoms with Crippen LogP contribution in [0.15, 0.2) is 5.10 Å². The average Bonchev–Trinajstić information content (AvgIpc) is 2.30. The maximum absolute atomic E-state index is 10.6. The molecule has 0 aromatic carbocycles. The van der Waals surface area contributed by atoms with E-state index in [2.05, 4.69) is 17.5 Å². The van der Waals surface area contributed by atoms with Gasteiger partial charge in [-0.1, -0.05) is 26.2 Å². The molecular formula is C12H23N3O3. The van der Waals surface area contributed by atoms with Crippen LogP contribution in [-0.4, -0.2) is 22.8 Å². The molecule has 0 spiro atoms. The minimum Gasteiger partial charge on any atom is -0.481 e. The van der Waals surface area contributed by atoms with Gasteiger partial charge in [-0.25, -0.2) is 10.2 Å². The molecule has 0 heterocycles. The SMILES string of the molecule is CCCCCCC(CCCC(=O)O)=NNC(N)=O. The topological polar surface area (TPSA) is 105 Å².